The largest absolute Gasteiger partial charge is 0.497 e. The highest BCUT2D eigenvalue weighted by atomic mass is 35.5. The maximum Gasteiger partial charge on any atom is 0.353 e. The van der Waals surface area contributed by atoms with Crippen molar-refractivity contribution >= 4 is 51.9 Å². The summed E-state index contributed by atoms with van der Waals surface area (Å²) in [4.78, 5) is 19.0. The van der Waals surface area contributed by atoms with Crippen LogP contribution in [0.15, 0.2) is 48.8 Å². The monoisotopic (exact) mass is 405 g/mol. The van der Waals surface area contributed by atoms with Crippen molar-refractivity contribution in [3.05, 3.63) is 69.0 Å². The van der Waals surface area contributed by atoms with Gasteiger partial charge in [0.15, 0.2) is 0 Å². The molecule has 8 nitrogen and oxygen atoms in total. The molecule has 0 aliphatic rings. The number of methoxy groups -OCH3 is 1. The first kappa shape index (κ1) is 18.7. The molecule has 1 heterocycles. The number of nitrogens with one attached hydrogen (secondary N) is 2. The van der Waals surface area contributed by atoms with E-state index in [2.05, 4.69) is 20.6 Å². The van der Waals surface area contributed by atoms with Gasteiger partial charge in [-0.2, -0.15) is 0 Å². The minimum Gasteiger partial charge on any atom is -0.497 e. The summed E-state index contributed by atoms with van der Waals surface area (Å²) in [6.45, 7) is 0. The fraction of sp³-hybridized carbons (Fsp3) is 0.0588. The number of anilines is 4. The number of hydrogen-bond donors (Lipinski definition) is 2. The highest BCUT2D eigenvalue weighted by Crippen LogP contribution is 2.34. The van der Waals surface area contributed by atoms with Crippen LogP contribution >= 0.6 is 23.2 Å². The molecule has 2 N–H and O–H groups in total. The first-order chi connectivity index (χ1) is 13.0. The Balaban J connectivity index is 1.95. The van der Waals surface area contributed by atoms with E-state index in [9.17, 15) is 10.1 Å². The van der Waals surface area contributed by atoms with Crippen molar-refractivity contribution in [1.29, 1.82) is 0 Å². The maximum absolute atomic E-state index is 11.6. The Morgan fingerprint density at radius 1 is 0.963 bits per heavy atom. The number of rotatable bonds is 6. The summed E-state index contributed by atoms with van der Waals surface area (Å²) < 4.78 is 5.09. The predicted octanol–water partition coefficient (Wildman–Crippen LogP) is 5.19. The van der Waals surface area contributed by atoms with Gasteiger partial charge in [0, 0.05) is 21.4 Å². The zero-order valence-electron chi connectivity index (χ0n) is 13.9. The van der Waals surface area contributed by atoms with E-state index in [0.717, 1.165) is 0 Å². The van der Waals surface area contributed by atoms with Crippen molar-refractivity contribution in [2.75, 3.05) is 17.7 Å². The van der Waals surface area contributed by atoms with Crippen LogP contribution in [0.5, 0.6) is 5.75 Å². The Hall–Kier alpha value is -3.10. The van der Waals surface area contributed by atoms with Gasteiger partial charge in [-0.15, -0.1) is 0 Å². The molecule has 3 rings (SSSR count). The van der Waals surface area contributed by atoms with E-state index in [4.69, 9.17) is 27.9 Å². The molecular formula is C17H13Cl2N5O3. The molecular weight excluding hydrogens is 393 g/mol. The molecule has 10 heteroatoms. The molecule has 0 spiro atoms. The van der Waals surface area contributed by atoms with Crippen molar-refractivity contribution < 1.29 is 9.66 Å². The summed E-state index contributed by atoms with van der Waals surface area (Å²) in [5.74, 6) is 0.707. The minimum atomic E-state index is -0.569. The van der Waals surface area contributed by atoms with Gasteiger partial charge >= 0.3 is 5.69 Å². The molecule has 0 amide bonds. The summed E-state index contributed by atoms with van der Waals surface area (Å²) in [5, 5.41) is 18.2. The van der Waals surface area contributed by atoms with Gasteiger partial charge in [0.1, 0.15) is 12.1 Å². The third-order valence-electron chi connectivity index (χ3n) is 3.48. The van der Waals surface area contributed by atoms with Gasteiger partial charge in [-0.25, -0.2) is 9.97 Å². The van der Waals surface area contributed by atoms with E-state index in [1.807, 2.05) is 0 Å². The Morgan fingerprint density at radius 3 is 2.04 bits per heavy atom. The number of nitro groups is 1. The molecule has 0 radical (unpaired) electrons. The van der Waals surface area contributed by atoms with Crippen LogP contribution in [0.25, 0.3) is 0 Å². The van der Waals surface area contributed by atoms with Gasteiger partial charge in [0.25, 0.3) is 0 Å². The Kier molecular flexibility index (Phi) is 5.58. The average Bonchev–Trinajstić information content (AvgIpc) is 2.61. The van der Waals surface area contributed by atoms with Crippen LogP contribution in [-0.4, -0.2) is 22.0 Å². The predicted molar refractivity (Wildman–Crippen MR) is 105 cm³/mol. The highest BCUT2D eigenvalue weighted by Gasteiger charge is 2.23. The Bertz CT molecular complexity index is 963. The van der Waals surface area contributed by atoms with Crippen LogP contribution < -0.4 is 15.4 Å². The first-order valence-electron chi connectivity index (χ1n) is 7.60. The van der Waals surface area contributed by atoms with Crippen LogP contribution in [0.1, 0.15) is 0 Å². The zero-order valence-corrected chi connectivity index (χ0v) is 15.5. The van der Waals surface area contributed by atoms with Crippen molar-refractivity contribution in [3.8, 4) is 5.75 Å². The summed E-state index contributed by atoms with van der Waals surface area (Å²) in [7, 11) is 1.55. The van der Waals surface area contributed by atoms with Crippen LogP contribution in [-0.2, 0) is 0 Å². The van der Waals surface area contributed by atoms with Crippen LogP contribution in [0, 0.1) is 10.1 Å². The van der Waals surface area contributed by atoms with Gasteiger partial charge < -0.3 is 15.4 Å². The highest BCUT2D eigenvalue weighted by molar-refractivity contribution is 6.35. The molecule has 0 saturated heterocycles. The molecule has 0 bridgehead atoms. The number of aromatic nitrogens is 2. The fourth-order valence-electron chi connectivity index (χ4n) is 2.31. The molecule has 0 aliphatic heterocycles. The van der Waals surface area contributed by atoms with E-state index in [0.29, 0.717) is 27.2 Å². The lowest BCUT2D eigenvalue weighted by atomic mass is 10.3. The molecule has 0 unspecified atom stereocenters. The number of ether oxygens (including phenoxy) is 1. The quantitative estimate of drug-likeness (QED) is 0.429. The second kappa shape index (κ2) is 8.07. The maximum atomic E-state index is 11.6. The molecule has 0 aliphatic carbocycles. The van der Waals surface area contributed by atoms with Crippen molar-refractivity contribution in [3.63, 3.8) is 0 Å². The average molecular weight is 406 g/mol. The summed E-state index contributed by atoms with van der Waals surface area (Å²) in [6, 6.07) is 11.6. The molecule has 1 aromatic heterocycles. The first-order valence-corrected chi connectivity index (χ1v) is 8.35. The minimum absolute atomic E-state index is 0.00402. The van der Waals surface area contributed by atoms with Gasteiger partial charge in [-0.05, 0) is 42.5 Å². The Morgan fingerprint density at radius 2 is 1.52 bits per heavy atom. The van der Waals surface area contributed by atoms with E-state index < -0.39 is 4.92 Å². The van der Waals surface area contributed by atoms with E-state index >= 15 is 0 Å². The third-order valence-corrected chi connectivity index (χ3v) is 3.92. The third kappa shape index (κ3) is 4.55. The second-order valence-electron chi connectivity index (χ2n) is 5.31. The molecule has 2 aromatic carbocycles. The van der Waals surface area contributed by atoms with Gasteiger partial charge in [0.05, 0.1) is 12.0 Å². The number of halogens is 2. The second-order valence-corrected chi connectivity index (χ2v) is 6.19. The summed E-state index contributed by atoms with van der Waals surface area (Å²) in [5.41, 5.74) is 0.753. The van der Waals surface area contributed by atoms with Gasteiger partial charge in [0.2, 0.25) is 11.6 Å². The standard InChI is InChI=1S/C17H13Cl2N5O3/c1-27-14-4-2-12(3-5-14)22-16-15(24(25)26)17(21-9-20-16)23-13-7-10(18)6-11(19)8-13/h2-9H,1H3,(H2,20,21,22,23). The van der Waals surface area contributed by atoms with Crippen molar-refractivity contribution in [1.82, 2.24) is 9.97 Å². The lowest BCUT2D eigenvalue weighted by Crippen LogP contribution is -2.05. The normalized spacial score (nSPS) is 10.3. The SMILES string of the molecule is COc1ccc(Nc2ncnc(Nc3cc(Cl)cc(Cl)c3)c2[N+](=O)[O-])cc1. The molecule has 0 saturated carbocycles. The smallest absolute Gasteiger partial charge is 0.353 e. The van der Waals surface area contributed by atoms with Crippen LogP contribution in [0.3, 0.4) is 0 Å². The number of nitrogens with zero attached hydrogens (tertiary/aromatic N) is 3. The topological polar surface area (TPSA) is 102 Å². The zero-order chi connectivity index (χ0) is 19.4. The lowest BCUT2D eigenvalue weighted by Gasteiger charge is -2.11. The van der Waals surface area contributed by atoms with E-state index in [1.54, 1.807) is 49.6 Å². The summed E-state index contributed by atoms with van der Waals surface area (Å²) >= 11 is 11.9. The van der Waals surface area contributed by atoms with E-state index in [1.165, 1.54) is 6.33 Å². The van der Waals surface area contributed by atoms with Crippen LogP contribution in [0.2, 0.25) is 10.0 Å². The molecule has 27 heavy (non-hydrogen) atoms. The number of hydrogen-bond acceptors (Lipinski definition) is 7. The molecule has 0 fully saturated rings. The Labute approximate surface area is 164 Å². The van der Waals surface area contributed by atoms with Crippen molar-refractivity contribution in [2.24, 2.45) is 0 Å². The summed E-state index contributed by atoms with van der Waals surface area (Å²) in [6.07, 6.45) is 1.22. The fourth-order valence-corrected chi connectivity index (χ4v) is 2.83. The lowest BCUT2D eigenvalue weighted by molar-refractivity contribution is -0.383. The van der Waals surface area contributed by atoms with Gasteiger partial charge in [-0.1, -0.05) is 23.2 Å². The molecule has 0 atom stereocenters. The van der Waals surface area contributed by atoms with Crippen molar-refractivity contribution in [2.45, 2.75) is 0 Å². The van der Waals surface area contributed by atoms with E-state index in [-0.39, 0.29) is 17.3 Å². The molecule has 3 aromatic rings. The molecule has 138 valence electrons. The van der Waals surface area contributed by atoms with Gasteiger partial charge in [-0.3, -0.25) is 10.1 Å². The number of benzene rings is 2. The van der Waals surface area contributed by atoms with Crippen LogP contribution in [0.4, 0.5) is 28.7 Å².